The Morgan fingerprint density at radius 3 is 2.70 bits per heavy atom. The van der Waals surface area contributed by atoms with Crippen LogP contribution >= 0.6 is 0 Å². The van der Waals surface area contributed by atoms with E-state index in [-0.39, 0.29) is 12.1 Å². The Morgan fingerprint density at radius 2 is 1.97 bits per heavy atom. The molecule has 0 unspecified atom stereocenters. The van der Waals surface area contributed by atoms with Gasteiger partial charge in [0.05, 0.1) is 31.5 Å². The predicted octanol–water partition coefficient (Wildman–Crippen LogP) is 3.17. The molecule has 0 aliphatic carbocycles. The Kier molecular flexibility index (Phi) is 4.47. The van der Waals surface area contributed by atoms with Gasteiger partial charge in [0.15, 0.2) is 23.3 Å². The molecule has 0 amide bonds. The minimum absolute atomic E-state index is 0.0104. The molecular weight excluding hydrogens is 430 g/mol. The summed E-state index contributed by atoms with van der Waals surface area (Å²) in [5.74, 6) is 1.31. The Balaban J connectivity index is 1.51. The summed E-state index contributed by atoms with van der Waals surface area (Å²) in [7, 11) is 0. The molecule has 0 radical (unpaired) electrons. The Morgan fingerprint density at radius 1 is 1.12 bits per heavy atom. The van der Waals surface area contributed by atoms with Gasteiger partial charge in [0.2, 0.25) is 5.95 Å². The van der Waals surface area contributed by atoms with Gasteiger partial charge < -0.3 is 9.64 Å². The van der Waals surface area contributed by atoms with Crippen LogP contribution < -0.4 is 4.90 Å². The van der Waals surface area contributed by atoms with Crippen LogP contribution in [-0.2, 0) is 4.74 Å². The first-order valence-electron chi connectivity index (χ1n) is 10.7. The van der Waals surface area contributed by atoms with E-state index in [0.717, 1.165) is 41.7 Å². The van der Waals surface area contributed by atoms with Crippen LogP contribution in [0.3, 0.4) is 0 Å². The van der Waals surface area contributed by atoms with E-state index in [4.69, 9.17) is 9.72 Å². The van der Waals surface area contributed by atoms with Gasteiger partial charge in [-0.05, 0) is 31.5 Å². The molecule has 1 saturated heterocycles. The SMILES string of the molecule is CC[C@@H]1c2nnc(C)n2-c2cnc(-n3ccnc3-c3ccc(F)c(F)c3)nc2N1C1COC1. The lowest BCUT2D eigenvalue weighted by Crippen LogP contribution is -2.53. The van der Waals surface area contributed by atoms with Crippen molar-refractivity contribution in [1.29, 1.82) is 0 Å². The third-order valence-corrected chi connectivity index (χ3v) is 6.14. The number of anilines is 1. The van der Waals surface area contributed by atoms with Crippen molar-refractivity contribution in [3.05, 3.63) is 60.1 Å². The molecule has 1 aromatic carbocycles. The predicted molar refractivity (Wildman–Crippen MR) is 114 cm³/mol. The summed E-state index contributed by atoms with van der Waals surface area (Å²) in [6.07, 6.45) is 5.84. The van der Waals surface area contributed by atoms with Gasteiger partial charge in [0.1, 0.15) is 17.3 Å². The Bertz CT molecular complexity index is 1360. The molecule has 2 aliphatic heterocycles. The normalized spacial score (nSPS) is 17.6. The minimum atomic E-state index is -0.939. The second-order valence-electron chi connectivity index (χ2n) is 8.09. The van der Waals surface area contributed by atoms with Crippen molar-refractivity contribution in [2.75, 3.05) is 18.1 Å². The monoisotopic (exact) mass is 450 g/mol. The highest BCUT2D eigenvalue weighted by molar-refractivity contribution is 5.64. The molecule has 1 atom stereocenters. The average Bonchev–Trinajstić information content (AvgIpc) is 3.42. The average molecular weight is 450 g/mol. The largest absolute Gasteiger partial charge is 0.377 e. The molecule has 0 N–H and O–H groups in total. The molecule has 0 saturated carbocycles. The molecule has 4 aromatic rings. The summed E-state index contributed by atoms with van der Waals surface area (Å²) in [5, 5.41) is 8.73. The number of hydrogen-bond acceptors (Lipinski definition) is 7. The number of imidazole rings is 1. The van der Waals surface area contributed by atoms with Crippen LogP contribution in [0.1, 0.15) is 31.0 Å². The highest BCUT2D eigenvalue weighted by Crippen LogP contribution is 2.41. The third-order valence-electron chi connectivity index (χ3n) is 6.14. The first-order valence-corrected chi connectivity index (χ1v) is 10.7. The molecule has 9 nitrogen and oxygen atoms in total. The van der Waals surface area contributed by atoms with Gasteiger partial charge in [-0.3, -0.25) is 9.13 Å². The number of rotatable bonds is 4. The lowest BCUT2D eigenvalue weighted by Gasteiger charge is -2.45. The van der Waals surface area contributed by atoms with E-state index in [1.165, 1.54) is 6.07 Å². The van der Waals surface area contributed by atoms with Crippen molar-refractivity contribution >= 4 is 5.82 Å². The Hall–Kier alpha value is -3.73. The molecule has 11 heteroatoms. The summed E-state index contributed by atoms with van der Waals surface area (Å²) in [5.41, 5.74) is 1.22. The van der Waals surface area contributed by atoms with Crippen molar-refractivity contribution < 1.29 is 13.5 Å². The lowest BCUT2D eigenvalue weighted by molar-refractivity contribution is 0.00338. The summed E-state index contributed by atoms with van der Waals surface area (Å²) in [6.45, 7) is 5.22. The van der Waals surface area contributed by atoms with E-state index >= 15 is 0 Å². The summed E-state index contributed by atoms with van der Waals surface area (Å²) in [4.78, 5) is 16.1. The third kappa shape index (κ3) is 2.95. The molecule has 2 aliphatic rings. The van der Waals surface area contributed by atoms with E-state index in [0.29, 0.717) is 30.5 Å². The zero-order valence-electron chi connectivity index (χ0n) is 18.0. The van der Waals surface area contributed by atoms with Crippen LogP contribution in [0.2, 0.25) is 0 Å². The summed E-state index contributed by atoms with van der Waals surface area (Å²) in [6, 6.07) is 3.83. The van der Waals surface area contributed by atoms with Gasteiger partial charge in [-0.2, -0.15) is 4.98 Å². The highest BCUT2D eigenvalue weighted by atomic mass is 19.2. The summed E-state index contributed by atoms with van der Waals surface area (Å²) >= 11 is 0. The maximum atomic E-state index is 13.9. The van der Waals surface area contributed by atoms with Crippen LogP contribution in [0.25, 0.3) is 23.0 Å². The molecule has 6 rings (SSSR count). The van der Waals surface area contributed by atoms with E-state index in [1.807, 2.05) is 11.5 Å². The lowest BCUT2D eigenvalue weighted by atomic mass is 10.0. The van der Waals surface area contributed by atoms with Crippen molar-refractivity contribution in [2.45, 2.75) is 32.4 Å². The van der Waals surface area contributed by atoms with Crippen molar-refractivity contribution in [1.82, 2.24) is 34.3 Å². The fourth-order valence-corrected chi connectivity index (χ4v) is 4.49. The van der Waals surface area contributed by atoms with Gasteiger partial charge in [0, 0.05) is 18.0 Å². The van der Waals surface area contributed by atoms with Crippen molar-refractivity contribution in [3.63, 3.8) is 0 Å². The topological polar surface area (TPSA) is 86.8 Å². The van der Waals surface area contributed by atoms with Gasteiger partial charge >= 0.3 is 0 Å². The maximum Gasteiger partial charge on any atom is 0.237 e. The standard InChI is InChI=1S/C22H20F2N8O/c1-3-17-21-29-28-12(2)31(21)18-9-26-22(27-20(18)32(17)14-10-33-11-14)30-7-6-25-19(30)13-4-5-15(23)16(24)8-13/h4-9,14,17H,3,10-11H2,1-2H3/t17-/m1/s1. The quantitative estimate of drug-likeness (QED) is 0.472. The van der Waals surface area contributed by atoms with Crippen molar-refractivity contribution in [3.8, 4) is 23.0 Å². The number of ether oxygens (including phenoxy) is 1. The molecule has 5 heterocycles. The molecular formula is C22H20F2N8O. The zero-order valence-corrected chi connectivity index (χ0v) is 18.0. The smallest absolute Gasteiger partial charge is 0.237 e. The maximum absolute atomic E-state index is 13.9. The molecule has 0 bridgehead atoms. The van der Waals surface area contributed by atoms with Crippen LogP contribution in [0, 0.1) is 18.6 Å². The number of nitrogens with zero attached hydrogens (tertiary/aromatic N) is 8. The number of aryl methyl sites for hydroxylation is 1. The molecule has 3 aromatic heterocycles. The van der Waals surface area contributed by atoms with E-state index < -0.39 is 11.6 Å². The number of benzene rings is 1. The van der Waals surface area contributed by atoms with Gasteiger partial charge in [-0.15, -0.1) is 10.2 Å². The van der Waals surface area contributed by atoms with Crippen LogP contribution in [0.15, 0.2) is 36.8 Å². The highest BCUT2D eigenvalue weighted by Gasteiger charge is 2.41. The van der Waals surface area contributed by atoms with E-state index in [1.54, 1.807) is 23.2 Å². The molecule has 1 fully saturated rings. The number of halogens is 2. The number of fused-ring (bicyclic) bond motifs is 3. The van der Waals surface area contributed by atoms with Gasteiger partial charge in [0.25, 0.3) is 0 Å². The molecule has 0 spiro atoms. The van der Waals surface area contributed by atoms with Gasteiger partial charge in [-0.25, -0.2) is 18.7 Å². The molecule has 33 heavy (non-hydrogen) atoms. The first-order chi connectivity index (χ1) is 16.1. The number of aromatic nitrogens is 7. The minimum Gasteiger partial charge on any atom is -0.377 e. The van der Waals surface area contributed by atoms with Crippen LogP contribution in [0.5, 0.6) is 0 Å². The van der Waals surface area contributed by atoms with Crippen LogP contribution in [0.4, 0.5) is 14.6 Å². The van der Waals surface area contributed by atoms with Crippen molar-refractivity contribution in [2.24, 2.45) is 0 Å². The van der Waals surface area contributed by atoms with Crippen LogP contribution in [-0.4, -0.2) is 53.5 Å². The second kappa shape index (κ2) is 7.41. The zero-order chi connectivity index (χ0) is 22.7. The fraction of sp³-hybridized carbons (Fsp3) is 0.318. The van der Waals surface area contributed by atoms with E-state index in [9.17, 15) is 8.78 Å². The first kappa shape index (κ1) is 19.9. The van der Waals surface area contributed by atoms with Gasteiger partial charge in [-0.1, -0.05) is 6.92 Å². The fourth-order valence-electron chi connectivity index (χ4n) is 4.49. The Labute approximate surface area is 187 Å². The molecule has 168 valence electrons. The number of hydrogen-bond donors (Lipinski definition) is 0. The second-order valence-corrected chi connectivity index (χ2v) is 8.09. The van der Waals surface area contributed by atoms with E-state index in [2.05, 4.69) is 32.0 Å². The summed E-state index contributed by atoms with van der Waals surface area (Å²) < 4.78 is 36.5.